The fraction of sp³-hybridized carbons (Fsp3) is 0.167. The Labute approximate surface area is 178 Å². The predicted octanol–water partition coefficient (Wildman–Crippen LogP) is 6.76. The first-order chi connectivity index (χ1) is 13.3. The molecule has 1 atom stereocenters. The molecule has 28 heavy (non-hydrogen) atoms. The summed E-state index contributed by atoms with van der Waals surface area (Å²) in [4.78, 5) is 27.7. The van der Waals surface area contributed by atoms with Gasteiger partial charge >= 0.3 is 0 Å². The lowest BCUT2D eigenvalue weighted by atomic mass is 9.92. The third kappa shape index (κ3) is 5.21. The molecule has 3 aromatic rings. The van der Waals surface area contributed by atoms with Gasteiger partial charge in [-0.2, -0.15) is 0 Å². The normalized spacial score (nSPS) is 13.0. The number of ketones is 2. The van der Waals surface area contributed by atoms with Crippen LogP contribution in [0.15, 0.2) is 88.7 Å². The lowest BCUT2D eigenvalue weighted by molar-refractivity contribution is 0.0888. The van der Waals surface area contributed by atoms with E-state index in [2.05, 4.69) is 28.1 Å². The lowest BCUT2D eigenvalue weighted by Crippen LogP contribution is -2.31. The van der Waals surface area contributed by atoms with Crippen LogP contribution in [-0.2, 0) is 0 Å². The van der Waals surface area contributed by atoms with Crippen LogP contribution >= 0.6 is 27.7 Å². The average Bonchev–Trinajstić information content (AvgIpc) is 2.69. The van der Waals surface area contributed by atoms with Crippen molar-refractivity contribution in [3.05, 3.63) is 95.6 Å². The summed E-state index contributed by atoms with van der Waals surface area (Å²) < 4.78 is -0.941. The Morgan fingerprint density at radius 2 is 1.36 bits per heavy atom. The molecule has 3 rings (SSSR count). The number of hydrogen-bond donors (Lipinski definition) is 0. The minimum absolute atomic E-state index is 0.0519. The number of rotatable bonds is 7. The summed E-state index contributed by atoms with van der Waals surface area (Å²) in [7, 11) is 0. The molecule has 4 heteroatoms. The van der Waals surface area contributed by atoms with Crippen molar-refractivity contribution in [3.63, 3.8) is 0 Å². The van der Waals surface area contributed by atoms with Crippen LogP contribution in [0.2, 0.25) is 0 Å². The van der Waals surface area contributed by atoms with Gasteiger partial charge in [0.15, 0.2) is 11.6 Å². The van der Waals surface area contributed by atoms with Crippen LogP contribution in [0.5, 0.6) is 0 Å². The van der Waals surface area contributed by atoms with Gasteiger partial charge in [0.1, 0.15) is 0 Å². The SMILES string of the molecule is Cc1ccc(C(=O)CC(C)(Br)C(=O)c2ccc(Sc3ccccc3)cc2)cc1. The predicted molar refractivity (Wildman–Crippen MR) is 119 cm³/mol. The topological polar surface area (TPSA) is 34.1 Å². The molecule has 3 aromatic carbocycles. The molecule has 0 saturated heterocycles. The van der Waals surface area contributed by atoms with Crippen LogP contribution in [-0.4, -0.2) is 15.9 Å². The van der Waals surface area contributed by atoms with E-state index >= 15 is 0 Å². The summed E-state index contributed by atoms with van der Waals surface area (Å²) in [5.74, 6) is -0.145. The van der Waals surface area contributed by atoms with Gasteiger partial charge in [-0.25, -0.2) is 0 Å². The van der Waals surface area contributed by atoms with Gasteiger partial charge in [0, 0.05) is 27.3 Å². The Hall–Kier alpha value is -2.17. The van der Waals surface area contributed by atoms with Crippen LogP contribution in [0.25, 0.3) is 0 Å². The number of carbonyl (C=O) groups is 2. The Balaban J connectivity index is 1.69. The van der Waals surface area contributed by atoms with Crippen LogP contribution in [0, 0.1) is 6.92 Å². The van der Waals surface area contributed by atoms with Gasteiger partial charge in [-0.15, -0.1) is 0 Å². The molecule has 0 N–H and O–H groups in total. The Morgan fingerprint density at radius 3 is 1.96 bits per heavy atom. The standard InChI is InChI=1S/C24H21BrO2S/c1-17-8-10-18(11-9-17)22(26)16-24(2,25)23(27)19-12-14-21(15-13-19)28-20-6-4-3-5-7-20/h3-15H,16H2,1-2H3. The number of aryl methyl sites for hydroxylation is 1. The molecule has 0 heterocycles. The van der Waals surface area contributed by atoms with Crippen LogP contribution in [0.4, 0.5) is 0 Å². The molecule has 0 radical (unpaired) electrons. The van der Waals surface area contributed by atoms with Gasteiger partial charge < -0.3 is 0 Å². The Morgan fingerprint density at radius 1 is 0.821 bits per heavy atom. The maximum Gasteiger partial charge on any atom is 0.179 e. The molecule has 0 aliphatic rings. The second-order valence-electron chi connectivity index (χ2n) is 6.93. The van der Waals surface area contributed by atoms with Crippen LogP contribution < -0.4 is 0 Å². The number of halogens is 1. The summed E-state index contributed by atoms with van der Waals surface area (Å²) in [6.45, 7) is 3.74. The maximum atomic E-state index is 13.0. The first-order valence-electron chi connectivity index (χ1n) is 9.02. The third-order valence-electron chi connectivity index (χ3n) is 4.43. The molecule has 0 bridgehead atoms. The lowest BCUT2D eigenvalue weighted by Gasteiger charge is -2.20. The molecule has 0 aromatic heterocycles. The zero-order chi connectivity index (χ0) is 20.1. The van der Waals surface area contributed by atoms with Crippen molar-refractivity contribution in [2.75, 3.05) is 0 Å². The zero-order valence-electron chi connectivity index (χ0n) is 15.8. The maximum absolute atomic E-state index is 13.0. The summed E-state index contributed by atoms with van der Waals surface area (Å²) in [5, 5.41) is 0. The largest absolute Gasteiger partial charge is 0.294 e. The number of benzene rings is 3. The highest BCUT2D eigenvalue weighted by Gasteiger charge is 2.33. The molecular formula is C24H21BrO2S. The molecule has 0 fully saturated rings. The molecule has 0 amide bonds. The van der Waals surface area contributed by atoms with Crippen molar-refractivity contribution < 1.29 is 9.59 Å². The van der Waals surface area contributed by atoms with E-state index in [-0.39, 0.29) is 18.0 Å². The number of alkyl halides is 1. The number of hydrogen-bond acceptors (Lipinski definition) is 3. The monoisotopic (exact) mass is 452 g/mol. The third-order valence-corrected chi connectivity index (χ3v) is 6.09. The minimum atomic E-state index is -0.941. The summed E-state index contributed by atoms with van der Waals surface area (Å²) in [6.07, 6.45) is 0.107. The van der Waals surface area contributed by atoms with Crippen molar-refractivity contribution in [2.45, 2.75) is 34.4 Å². The van der Waals surface area contributed by atoms with Gasteiger partial charge in [-0.05, 0) is 38.1 Å². The van der Waals surface area contributed by atoms with E-state index in [0.717, 1.165) is 15.4 Å². The van der Waals surface area contributed by atoms with Crippen molar-refractivity contribution in [1.29, 1.82) is 0 Å². The van der Waals surface area contributed by atoms with Crippen molar-refractivity contribution in [1.82, 2.24) is 0 Å². The molecular weight excluding hydrogens is 432 g/mol. The molecule has 0 aliphatic heterocycles. The second kappa shape index (κ2) is 8.89. The molecule has 0 spiro atoms. The van der Waals surface area contributed by atoms with Crippen molar-refractivity contribution >= 4 is 39.3 Å². The molecule has 0 aliphatic carbocycles. The van der Waals surface area contributed by atoms with Crippen molar-refractivity contribution in [2.24, 2.45) is 0 Å². The Bertz CT molecular complexity index is 962. The zero-order valence-corrected chi connectivity index (χ0v) is 18.2. The molecule has 142 valence electrons. The van der Waals surface area contributed by atoms with E-state index in [1.165, 1.54) is 0 Å². The highest BCUT2D eigenvalue weighted by atomic mass is 79.9. The van der Waals surface area contributed by atoms with Gasteiger partial charge in [0.25, 0.3) is 0 Å². The van der Waals surface area contributed by atoms with E-state index in [1.54, 1.807) is 30.8 Å². The van der Waals surface area contributed by atoms with Gasteiger partial charge in [-0.1, -0.05) is 87.9 Å². The smallest absolute Gasteiger partial charge is 0.179 e. The first-order valence-corrected chi connectivity index (χ1v) is 10.6. The first kappa shape index (κ1) is 20.6. The van der Waals surface area contributed by atoms with Gasteiger partial charge in [-0.3, -0.25) is 9.59 Å². The summed E-state index contributed by atoms with van der Waals surface area (Å²) in [6, 6.07) is 25.0. The van der Waals surface area contributed by atoms with Crippen molar-refractivity contribution in [3.8, 4) is 0 Å². The van der Waals surface area contributed by atoms with E-state index in [0.29, 0.717) is 11.1 Å². The van der Waals surface area contributed by atoms with Gasteiger partial charge in [0.2, 0.25) is 0 Å². The molecule has 1 unspecified atom stereocenters. The Kier molecular flexibility index (Phi) is 6.53. The second-order valence-corrected chi connectivity index (χ2v) is 9.83. The van der Waals surface area contributed by atoms with E-state index in [9.17, 15) is 9.59 Å². The summed E-state index contributed by atoms with van der Waals surface area (Å²) in [5.41, 5.74) is 2.31. The molecule has 0 saturated carbocycles. The minimum Gasteiger partial charge on any atom is -0.294 e. The van der Waals surface area contributed by atoms with E-state index in [1.807, 2.05) is 61.5 Å². The van der Waals surface area contributed by atoms with Crippen LogP contribution in [0.1, 0.15) is 39.6 Å². The highest BCUT2D eigenvalue weighted by molar-refractivity contribution is 9.10. The fourth-order valence-electron chi connectivity index (χ4n) is 2.82. The quantitative estimate of drug-likeness (QED) is 0.293. The number of Topliss-reactive ketones (excluding diaryl/α,β-unsaturated/α-hetero) is 2. The van der Waals surface area contributed by atoms with Crippen LogP contribution in [0.3, 0.4) is 0 Å². The summed E-state index contributed by atoms with van der Waals surface area (Å²) >= 11 is 5.14. The van der Waals surface area contributed by atoms with Gasteiger partial charge in [0.05, 0.1) is 4.32 Å². The highest BCUT2D eigenvalue weighted by Crippen LogP contribution is 2.31. The average molecular weight is 453 g/mol. The fourth-order valence-corrected chi connectivity index (χ4v) is 4.14. The van der Waals surface area contributed by atoms with E-state index in [4.69, 9.17) is 0 Å². The van der Waals surface area contributed by atoms with E-state index < -0.39 is 4.32 Å². The number of carbonyl (C=O) groups excluding carboxylic acids is 2. The molecule has 2 nitrogen and oxygen atoms in total.